The Morgan fingerprint density at radius 3 is 0.933 bits per heavy atom. The van der Waals surface area contributed by atoms with Gasteiger partial charge in [0.25, 0.3) is 0 Å². The van der Waals surface area contributed by atoms with Gasteiger partial charge in [-0.3, -0.25) is 0 Å². The summed E-state index contributed by atoms with van der Waals surface area (Å²) in [7, 11) is 0. The third-order valence-electron chi connectivity index (χ3n) is 19.2. The molecular weight excluding hydrogens is 1110 g/mol. The van der Waals surface area contributed by atoms with Crippen LogP contribution in [-0.4, -0.2) is 9.13 Å². The fraction of sp³-hybridized carbons (Fsp3) is 0.119. The average molecular weight is 1180 g/mol. The van der Waals surface area contributed by atoms with Crippen molar-refractivity contribution in [3.63, 3.8) is 0 Å². The van der Waals surface area contributed by atoms with Crippen LogP contribution >= 0.6 is 11.6 Å². The van der Waals surface area contributed by atoms with E-state index < -0.39 is 0 Å². The molecule has 0 aliphatic carbocycles. The van der Waals surface area contributed by atoms with E-state index in [9.17, 15) is 0 Å². The highest BCUT2D eigenvalue weighted by Gasteiger charge is 2.27. The van der Waals surface area contributed by atoms with Crippen molar-refractivity contribution in [1.82, 2.24) is 9.13 Å². The maximum atomic E-state index is 8.26. The summed E-state index contributed by atoms with van der Waals surface area (Å²) in [6.45, 7) is 13.9. The number of rotatable bonds is 15. The SMILES string of the molecule is CCC(C)(C)c1ccc(N(c2ccc(C(C)(C)CC)cc2)c2cc(-n3ccc4c(N(c5ccc6ccccc6c5)c5ccc6ccccc6c5)cccc43)c(Cl)c(-n3ccc4c(N(c5ccc6ccccc6c5)c5ccc6ccccc6c5)cccc43)c2)cc1. The molecule has 2 aromatic heterocycles. The molecule has 5 nitrogen and oxygen atoms in total. The van der Waals surface area contributed by atoms with Crippen molar-refractivity contribution in [2.24, 2.45) is 0 Å². The van der Waals surface area contributed by atoms with E-state index in [0.29, 0.717) is 5.02 Å². The molecule has 15 aromatic rings. The van der Waals surface area contributed by atoms with Gasteiger partial charge in [-0.1, -0.05) is 211 Å². The number of aromatic nitrogens is 2. The zero-order chi connectivity index (χ0) is 61.3. The van der Waals surface area contributed by atoms with Crippen LogP contribution in [0.25, 0.3) is 76.3 Å². The van der Waals surface area contributed by atoms with Crippen LogP contribution in [-0.2, 0) is 10.8 Å². The minimum atomic E-state index is 0.0103. The van der Waals surface area contributed by atoms with Crippen LogP contribution in [0.3, 0.4) is 0 Å². The molecule has 0 aliphatic rings. The van der Waals surface area contributed by atoms with Crippen LogP contribution in [0.1, 0.15) is 65.5 Å². The minimum absolute atomic E-state index is 0.0103. The molecule has 0 unspecified atom stereocenters. The summed E-state index contributed by atoms with van der Waals surface area (Å²) in [5.74, 6) is 0. The fourth-order valence-electron chi connectivity index (χ4n) is 13.3. The van der Waals surface area contributed by atoms with Crippen LogP contribution < -0.4 is 14.7 Å². The second-order valence-corrected chi connectivity index (χ2v) is 25.7. The van der Waals surface area contributed by atoms with Crippen LogP contribution in [0, 0.1) is 0 Å². The van der Waals surface area contributed by atoms with Crippen molar-refractivity contribution in [3.05, 3.63) is 308 Å². The maximum absolute atomic E-state index is 8.26. The van der Waals surface area contributed by atoms with Gasteiger partial charge in [0, 0.05) is 57.3 Å². The van der Waals surface area contributed by atoms with Crippen molar-refractivity contribution in [2.45, 2.75) is 65.2 Å². The Morgan fingerprint density at radius 1 is 0.300 bits per heavy atom. The molecule has 0 radical (unpaired) electrons. The third kappa shape index (κ3) is 10.0. The Kier molecular flexibility index (Phi) is 14.2. The molecule has 438 valence electrons. The van der Waals surface area contributed by atoms with E-state index in [4.69, 9.17) is 11.6 Å². The molecule has 2 heterocycles. The highest BCUT2D eigenvalue weighted by atomic mass is 35.5. The van der Waals surface area contributed by atoms with Crippen molar-refractivity contribution in [2.75, 3.05) is 14.7 Å². The summed E-state index contributed by atoms with van der Waals surface area (Å²) < 4.78 is 4.59. The van der Waals surface area contributed by atoms with Gasteiger partial charge in [-0.2, -0.15) is 0 Å². The predicted molar refractivity (Wildman–Crippen MR) is 386 cm³/mol. The molecule has 6 heteroatoms. The monoisotopic (exact) mass is 1180 g/mol. The molecule has 15 rings (SSSR count). The molecule has 0 fully saturated rings. The van der Waals surface area contributed by atoms with E-state index in [1.807, 2.05) is 0 Å². The summed E-state index contributed by atoms with van der Waals surface area (Å²) >= 11 is 8.26. The molecule has 0 N–H and O–H groups in total. The number of hydrogen-bond donors (Lipinski definition) is 0. The van der Waals surface area contributed by atoms with Crippen LogP contribution in [0.2, 0.25) is 5.02 Å². The zero-order valence-electron chi connectivity index (χ0n) is 51.7. The summed E-state index contributed by atoms with van der Waals surface area (Å²) in [6.07, 6.45) is 6.45. The first-order valence-electron chi connectivity index (χ1n) is 31.5. The van der Waals surface area contributed by atoms with E-state index in [2.05, 4.69) is 357 Å². The van der Waals surface area contributed by atoms with Gasteiger partial charge >= 0.3 is 0 Å². The van der Waals surface area contributed by atoms with Crippen molar-refractivity contribution in [1.29, 1.82) is 0 Å². The maximum Gasteiger partial charge on any atom is 0.0888 e. The number of nitrogens with zero attached hydrogens (tertiary/aromatic N) is 5. The highest BCUT2D eigenvalue weighted by Crippen LogP contribution is 2.48. The Labute approximate surface area is 532 Å². The van der Waals surface area contributed by atoms with Crippen molar-refractivity contribution >= 4 is 128 Å². The first-order chi connectivity index (χ1) is 43.9. The van der Waals surface area contributed by atoms with Gasteiger partial charge in [-0.15, -0.1) is 0 Å². The smallest absolute Gasteiger partial charge is 0.0888 e. The molecule has 0 bridgehead atoms. The van der Waals surface area contributed by atoms with Crippen molar-refractivity contribution < 1.29 is 0 Å². The van der Waals surface area contributed by atoms with Crippen LogP contribution in [0.15, 0.2) is 291 Å². The largest absolute Gasteiger partial charge is 0.315 e. The summed E-state index contributed by atoms with van der Waals surface area (Å²) in [4.78, 5) is 7.23. The van der Waals surface area contributed by atoms with Gasteiger partial charge in [-0.25, -0.2) is 0 Å². The second-order valence-electron chi connectivity index (χ2n) is 25.3. The van der Waals surface area contributed by atoms with Gasteiger partial charge < -0.3 is 23.8 Å². The minimum Gasteiger partial charge on any atom is -0.315 e. The summed E-state index contributed by atoms with van der Waals surface area (Å²) in [6, 6.07) is 102. The van der Waals surface area contributed by atoms with Gasteiger partial charge in [0.05, 0.1) is 44.5 Å². The molecule has 0 saturated carbocycles. The highest BCUT2D eigenvalue weighted by molar-refractivity contribution is 6.34. The standard InChI is InChI=1S/C84H70ClN5/c1-7-83(3,4)65-35-43-67(44-36-65)88(68-45-37-66(38-46-68)84(5,6)8-2)73-55-80(86-49-47-74-76(86)27-17-29-78(74)89(69-39-31-57-19-9-13-23-61(57)51-69)70-40-32-58-20-10-14-24-62(58)52-70)82(85)81(56-73)87-50-48-75-77(87)28-18-30-79(75)90(71-41-33-59-21-11-15-25-63(59)53-71)72-42-34-60-22-12-16-26-64(60)54-72/h9-56H,7-8H2,1-6H3. The summed E-state index contributed by atoms with van der Waals surface area (Å²) in [5, 5.41) is 12.3. The first kappa shape index (κ1) is 56.2. The van der Waals surface area contributed by atoms with Gasteiger partial charge in [0.15, 0.2) is 0 Å². The van der Waals surface area contributed by atoms with Crippen LogP contribution in [0.4, 0.5) is 51.2 Å². The Hall–Kier alpha value is -10.3. The lowest BCUT2D eigenvalue weighted by Gasteiger charge is -2.30. The molecule has 90 heavy (non-hydrogen) atoms. The molecule has 0 amide bonds. The van der Waals surface area contributed by atoms with E-state index in [1.54, 1.807) is 0 Å². The van der Waals surface area contributed by atoms with E-state index in [-0.39, 0.29) is 10.8 Å². The number of benzene rings is 13. The topological polar surface area (TPSA) is 19.6 Å². The molecular formula is C84H70ClN5. The lowest BCUT2D eigenvalue weighted by Crippen LogP contribution is -2.17. The van der Waals surface area contributed by atoms with E-state index >= 15 is 0 Å². The summed E-state index contributed by atoms with van der Waals surface area (Å²) in [5.41, 5.74) is 15.8. The lowest BCUT2D eigenvalue weighted by molar-refractivity contribution is 0.506. The second kappa shape index (κ2) is 22.7. The normalized spacial score (nSPS) is 12.0. The number of halogens is 1. The quantitative estimate of drug-likeness (QED) is 0.102. The zero-order valence-corrected chi connectivity index (χ0v) is 52.5. The van der Waals surface area contributed by atoms with Gasteiger partial charge in [0.2, 0.25) is 0 Å². The van der Waals surface area contributed by atoms with Gasteiger partial charge in [-0.05, 0) is 199 Å². The van der Waals surface area contributed by atoms with Gasteiger partial charge in [0.1, 0.15) is 0 Å². The number of anilines is 9. The first-order valence-corrected chi connectivity index (χ1v) is 31.9. The van der Waals surface area contributed by atoms with E-state index in [1.165, 1.54) is 54.2 Å². The predicted octanol–water partition coefficient (Wildman–Crippen LogP) is 24.6. The molecule has 0 saturated heterocycles. The Bertz CT molecular complexity index is 4720. The number of hydrogen-bond acceptors (Lipinski definition) is 3. The van der Waals surface area contributed by atoms with Crippen molar-refractivity contribution in [3.8, 4) is 11.4 Å². The Morgan fingerprint density at radius 2 is 0.611 bits per heavy atom. The number of fused-ring (bicyclic) bond motifs is 6. The molecule has 0 spiro atoms. The van der Waals surface area contributed by atoms with E-state index in [0.717, 1.165) is 97.2 Å². The molecule has 0 aliphatic heterocycles. The Balaban J connectivity index is 0.959. The molecule has 0 atom stereocenters. The fourth-order valence-corrected chi connectivity index (χ4v) is 13.6. The molecule has 13 aromatic carbocycles. The third-order valence-corrected chi connectivity index (χ3v) is 19.6. The van der Waals surface area contributed by atoms with Crippen LogP contribution in [0.5, 0.6) is 0 Å². The average Bonchev–Trinajstić information content (AvgIpc) is 1.54. The lowest BCUT2D eigenvalue weighted by atomic mass is 9.82.